The number of anilines is 1. The molecule has 84 valence electrons. The fourth-order valence-electron chi connectivity index (χ4n) is 1.49. The summed E-state index contributed by atoms with van der Waals surface area (Å²) in [5, 5.41) is 12.1. The van der Waals surface area contributed by atoms with Crippen LogP contribution in [0.1, 0.15) is 5.56 Å². The predicted octanol–water partition coefficient (Wildman–Crippen LogP) is 2.48. The van der Waals surface area contributed by atoms with Crippen molar-refractivity contribution in [2.24, 2.45) is 7.05 Å². The number of hydrogen-bond donors (Lipinski definition) is 2. The summed E-state index contributed by atoms with van der Waals surface area (Å²) in [5.74, 6) is -0.941. The molecule has 0 spiro atoms. The SMILES string of the molecule is Cn1ccc(CNc2ccc(O)c(F)c2)c1. The van der Waals surface area contributed by atoms with Gasteiger partial charge < -0.3 is 15.0 Å². The minimum Gasteiger partial charge on any atom is -0.505 e. The molecule has 0 bridgehead atoms. The van der Waals surface area contributed by atoms with Crippen molar-refractivity contribution in [3.63, 3.8) is 0 Å². The Balaban J connectivity index is 2.02. The van der Waals surface area contributed by atoms with Crippen LogP contribution in [0.3, 0.4) is 0 Å². The third-order valence-corrected chi connectivity index (χ3v) is 2.34. The van der Waals surface area contributed by atoms with Crippen LogP contribution in [-0.2, 0) is 13.6 Å². The first-order valence-electron chi connectivity index (χ1n) is 4.98. The van der Waals surface area contributed by atoms with Crippen molar-refractivity contribution in [2.45, 2.75) is 6.54 Å². The Morgan fingerprint density at radius 3 is 2.81 bits per heavy atom. The third kappa shape index (κ3) is 2.34. The number of aromatic nitrogens is 1. The van der Waals surface area contributed by atoms with E-state index in [1.165, 1.54) is 12.1 Å². The van der Waals surface area contributed by atoms with E-state index in [2.05, 4.69) is 5.32 Å². The van der Waals surface area contributed by atoms with Crippen molar-refractivity contribution < 1.29 is 9.50 Å². The maximum absolute atomic E-state index is 13.0. The summed E-state index contributed by atoms with van der Waals surface area (Å²) < 4.78 is 15.0. The molecule has 0 radical (unpaired) electrons. The maximum Gasteiger partial charge on any atom is 0.166 e. The van der Waals surface area contributed by atoms with Crippen molar-refractivity contribution in [3.8, 4) is 5.75 Å². The van der Waals surface area contributed by atoms with E-state index in [-0.39, 0.29) is 5.75 Å². The van der Waals surface area contributed by atoms with Crippen molar-refractivity contribution >= 4 is 5.69 Å². The number of hydrogen-bond acceptors (Lipinski definition) is 2. The molecule has 1 aromatic heterocycles. The van der Waals surface area contributed by atoms with Gasteiger partial charge in [0.15, 0.2) is 11.6 Å². The molecule has 0 saturated carbocycles. The second-order valence-corrected chi connectivity index (χ2v) is 3.70. The summed E-state index contributed by atoms with van der Waals surface area (Å²) in [6, 6.07) is 6.24. The van der Waals surface area contributed by atoms with Crippen LogP contribution in [0.4, 0.5) is 10.1 Å². The molecule has 0 aliphatic rings. The summed E-state index contributed by atoms with van der Waals surface area (Å²) in [4.78, 5) is 0. The van der Waals surface area contributed by atoms with Crippen molar-refractivity contribution in [1.82, 2.24) is 4.57 Å². The number of aromatic hydroxyl groups is 1. The molecule has 0 unspecified atom stereocenters. The molecule has 16 heavy (non-hydrogen) atoms. The van der Waals surface area contributed by atoms with E-state index in [1.807, 2.05) is 30.1 Å². The molecule has 0 aliphatic carbocycles. The summed E-state index contributed by atoms with van der Waals surface area (Å²) >= 11 is 0. The normalized spacial score (nSPS) is 10.4. The van der Waals surface area contributed by atoms with Crippen LogP contribution in [0.2, 0.25) is 0 Å². The van der Waals surface area contributed by atoms with Gasteiger partial charge in [0, 0.05) is 37.7 Å². The standard InChI is InChI=1S/C12H13FN2O/c1-15-5-4-9(8-15)7-14-10-2-3-12(16)11(13)6-10/h2-6,8,14,16H,7H2,1H3. The van der Waals surface area contributed by atoms with Gasteiger partial charge in [-0.15, -0.1) is 0 Å². The van der Waals surface area contributed by atoms with E-state index < -0.39 is 5.82 Å². The van der Waals surface area contributed by atoms with Crippen LogP contribution < -0.4 is 5.32 Å². The van der Waals surface area contributed by atoms with Crippen LogP contribution >= 0.6 is 0 Å². The van der Waals surface area contributed by atoms with Gasteiger partial charge in [-0.1, -0.05) is 0 Å². The molecule has 0 aliphatic heterocycles. The first-order chi connectivity index (χ1) is 7.65. The molecule has 2 N–H and O–H groups in total. The molecule has 0 amide bonds. The molecule has 2 aromatic rings. The van der Waals surface area contributed by atoms with E-state index in [9.17, 15) is 4.39 Å². The Hall–Kier alpha value is -1.97. The van der Waals surface area contributed by atoms with Gasteiger partial charge in [0.25, 0.3) is 0 Å². The Kier molecular flexibility index (Phi) is 2.81. The monoisotopic (exact) mass is 220 g/mol. The zero-order valence-electron chi connectivity index (χ0n) is 8.94. The lowest BCUT2D eigenvalue weighted by atomic mass is 10.2. The van der Waals surface area contributed by atoms with Crippen molar-refractivity contribution in [3.05, 3.63) is 48.0 Å². The molecule has 2 rings (SSSR count). The Morgan fingerprint density at radius 2 is 2.19 bits per heavy atom. The van der Waals surface area contributed by atoms with Crippen LogP contribution in [0, 0.1) is 5.82 Å². The highest BCUT2D eigenvalue weighted by Gasteiger charge is 2.01. The molecule has 1 heterocycles. The van der Waals surface area contributed by atoms with Gasteiger partial charge in [0.1, 0.15) is 0 Å². The first kappa shape index (κ1) is 10.5. The number of phenolic OH excluding ortho intramolecular Hbond substituents is 1. The molecular weight excluding hydrogens is 207 g/mol. The van der Waals surface area contributed by atoms with E-state index in [0.29, 0.717) is 12.2 Å². The topological polar surface area (TPSA) is 37.2 Å². The predicted molar refractivity (Wildman–Crippen MR) is 60.8 cm³/mol. The number of phenols is 1. The third-order valence-electron chi connectivity index (χ3n) is 2.34. The van der Waals surface area contributed by atoms with Gasteiger partial charge in [-0.3, -0.25) is 0 Å². The molecule has 3 nitrogen and oxygen atoms in total. The summed E-state index contributed by atoms with van der Waals surface area (Å²) in [6.45, 7) is 0.630. The Morgan fingerprint density at radius 1 is 1.38 bits per heavy atom. The highest BCUT2D eigenvalue weighted by Crippen LogP contribution is 2.19. The second-order valence-electron chi connectivity index (χ2n) is 3.70. The first-order valence-corrected chi connectivity index (χ1v) is 4.98. The van der Waals surface area contributed by atoms with Crippen molar-refractivity contribution in [1.29, 1.82) is 0 Å². The minimum absolute atomic E-state index is 0.328. The van der Waals surface area contributed by atoms with E-state index in [1.54, 1.807) is 6.07 Å². The maximum atomic E-state index is 13.0. The Labute approximate surface area is 93.1 Å². The zero-order chi connectivity index (χ0) is 11.5. The highest BCUT2D eigenvalue weighted by molar-refractivity contribution is 5.47. The lowest BCUT2D eigenvalue weighted by Crippen LogP contribution is -1.98. The van der Waals surface area contributed by atoms with Crippen LogP contribution in [0.5, 0.6) is 5.75 Å². The molecule has 1 aromatic carbocycles. The van der Waals surface area contributed by atoms with Crippen molar-refractivity contribution in [2.75, 3.05) is 5.32 Å². The highest BCUT2D eigenvalue weighted by atomic mass is 19.1. The van der Waals surface area contributed by atoms with Crippen LogP contribution in [0.15, 0.2) is 36.7 Å². The largest absolute Gasteiger partial charge is 0.505 e. The Bertz CT molecular complexity index is 494. The second kappa shape index (κ2) is 4.26. The van der Waals surface area contributed by atoms with Gasteiger partial charge in [-0.05, 0) is 23.8 Å². The summed E-state index contributed by atoms with van der Waals surface area (Å²) in [7, 11) is 1.95. The quantitative estimate of drug-likeness (QED) is 0.780. The molecule has 0 saturated heterocycles. The molecule has 0 atom stereocenters. The van der Waals surface area contributed by atoms with E-state index in [0.717, 1.165) is 5.56 Å². The fraction of sp³-hybridized carbons (Fsp3) is 0.167. The van der Waals surface area contributed by atoms with Gasteiger partial charge in [0.2, 0.25) is 0 Å². The van der Waals surface area contributed by atoms with Crippen LogP contribution in [-0.4, -0.2) is 9.67 Å². The number of halogens is 1. The molecule has 0 fully saturated rings. The lowest BCUT2D eigenvalue weighted by Gasteiger charge is -2.05. The fourth-order valence-corrected chi connectivity index (χ4v) is 1.49. The number of nitrogens with zero attached hydrogens (tertiary/aromatic N) is 1. The smallest absolute Gasteiger partial charge is 0.166 e. The average Bonchev–Trinajstić information content (AvgIpc) is 2.66. The number of nitrogens with one attached hydrogen (secondary N) is 1. The minimum atomic E-state index is -0.613. The summed E-state index contributed by atoms with van der Waals surface area (Å²) in [5.41, 5.74) is 1.77. The number of rotatable bonds is 3. The summed E-state index contributed by atoms with van der Waals surface area (Å²) in [6.07, 6.45) is 3.94. The molecular formula is C12H13FN2O. The van der Waals surface area contributed by atoms with Gasteiger partial charge in [0.05, 0.1) is 0 Å². The average molecular weight is 220 g/mol. The van der Waals surface area contributed by atoms with E-state index in [4.69, 9.17) is 5.11 Å². The zero-order valence-corrected chi connectivity index (χ0v) is 8.94. The van der Waals surface area contributed by atoms with Gasteiger partial charge in [-0.25, -0.2) is 4.39 Å². The molecule has 4 heteroatoms. The lowest BCUT2D eigenvalue weighted by molar-refractivity contribution is 0.432. The van der Waals surface area contributed by atoms with Gasteiger partial charge >= 0.3 is 0 Å². The van der Waals surface area contributed by atoms with Crippen LogP contribution in [0.25, 0.3) is 0 Å². The van der Waals surface area contributed by atoms with E-state index >= 15 is 0 Å². The number of benzene rings is 1. The number of aryl methyl sites for hydroxylation is 1. The van der Waals surface area contributed by atoms with Gasteiger partial charge in [-0.2, -0.15) is 0 Å².